The summed E-state index contributed by atoms with van der Waals surface area (Å²) < 4.78 is 85.3. The molecule has 1 atom stereocenters. The van der Waals surface area contributed by atoms with Crippen LogP contribution in [0, 0.1) is 11.7 Å². The van der Waals surface area contributed by atoms with Gasteiger partial charge in [-0.1, -0.05) is 30.0 Å². The minimum atomic E-state index is -4.67. The zero-order valence-corrected chi connectivity index (χ0v) is 20.8. The van der Waals surface area contributed by atoms with Crippen molar-refractivity contribution < 1.29 is 40.2 Å². The summed E-state index contributed by atoms with van der Waals surface area (Å²) >= 11 is 1.31. The predicted molar refractivity (Wildman–Crippen MR) is 128 cm³/mol. The fourth-order valence-electron chi connectivity index (χ4n) is 4.39. The van der Waals surface area contributed by atoms with Crippen molar-refractivity contribution in [3.05, 3.63) is 71.1 Å². The number of fused-ring (bicyclic) bond motifs is 2. The highest BCUT2D eigenvalue weighted by molar-refractivity contribution is 7.99. The highest BCUT2D eigenvalue weighted by Crippen LogP contribution is 2.48. The first-order valence-corrected chi connectivity index (χ1v) is 13.4. The van der Waals surface area contributed by atoms with E-state index in [9.17, 15) is 17.6 Å². The van der Waals surface area contributed by atoms with Gasteiger partial charge in [0.05, 0.1) is 5.56 Å². The Hall–Kier alpha value is -1.96. The van der Waals surface area contributed by atoms with Crippen LogP contribution in [0.5, 0.6) is 0 Å². The van der Waals surface area contributed by atoms with E-state index in [1.807, 2.05) is 12.2 Å². The topological polar surface area (TPSA) is 98.1 Å². The molecule has 6 nitrogen and oxygen atoms in total. The van der Waals surface area contributed by atoms with Crippen LogP contribution in [0.4, 0.5) is 17.6 Å². The molecule has 4 rings (SSSR count). The largest absolute Gasteiger partial charge is 0.416 e. The van der Waals surface area contributed by atoms with Gasteiger partial charge in [-0.15, -0.1) is 0 Å². The number of nitrogens with zero attached hydrogens (tertiary/aromatic N) is 1. The molecule has 2 aliphatic rings. The zero-order chi connectivity index (χ0) is 26.5. The maximum absolute atomic E-state index is 13.8. The van der Waals surface area contributed by atoms with Crippen LogP contribution in [0.25, 0.3) is 0 Å². The third-order valence-electron chi connectivity index (χ3n) is 6.14. The minimum Gasteiger partial charge on any atom is -0.396 e. The Morgan fingerprint density at radius 2 is 1.69 bits per heavy atom. The summed E-state index contributed by atoms with van der Waals surface area (Å²) in [7, 11) is -4.67. The maximum Gasteiger partial charge on any atom is 0.416 e. The summed E-state index contributed by atoms with van der Waals surface area (Å²) in [6.07, 6.45) is 2.51. The first kappa shape index (κ1) is 28.6. The van der Waals surface area contributed by atoms with E-state index in [1.165, 1.54) is 36.0 Å². The van der Waals surface area contributed by atoms with E-state index in [1.54, 1.807) is 6.07 Å². The molecule has 0 aliphatic carbocycles. The summed E-state index contributed by atoms with van der Waals surface area (Å²) in [5.74, 6) is -0.133. The van der Waals surface area contributed by atoms with Gasteiger partial charge in [-0.3, -0.25) is 14.0 Å². The van der Waals surface area contributed by atoms with E-state index in [0.717, 1.165) is 60.3 Å². The van der Waals surface area contributed by atoms with Gasteiger partial charge >= 0.3 is 16.6 Å². The van der Waals surface area contributed by atoms with Crippen molar-refractivity contribution in [3.63, 3.8) is 0 Å². The number of rotatable bonds is 5. The van der Waals surface area contributed by atoms with Crippen molar-refractivity contribution >= 4 is 22.2 Å². The van der Waals surface area contributed by atoms with Crippen LogP contribution in [0.1, 0.15) is 41.9 Å². The van der Waals surface area contributed by atoms with Gasteiger partial charge in [-0.25, -0.2) is 4.39 Å². The van der Waals surface area contributed by atoms with Gasteiger partial charge in [0.15, 0.2) is 0 Å². The molecule has 1 unspecified atom stereocenters. The van der Waals surface area contributed by atoms with Crippen LogP contribution in [0.15, 0.2) is 58.3 Å². The van der Waals surface area contributed by atoms with Crippen molar-refractivity contribution in [2.24, 2.45) is 5.92 Å². The van der Waals surface area contributed by atoms with E-state index in [4.69, 9.17) is 22.6 Å². The van der Waals surface area contributed by atoms with Crippen LogP contribution in [-0.2, 0) is 16.6 Å². The van der Waals surface area contributed by atoms with Crippen molar-refractivity contribution in [1.29, 1.82) is 0 Å². The molecule has 198 valence electrons. The van der Waals surface area contributed by atoms with Gasteiger partial charge in [-0.2, -0.15) is 21.6 Å². The number of aliphatic hydroxyl groups excluding tert-OH is 1. The summed E-state index contributed by atoms with van der Waals surface area (Å²) in [6.45, 7) is 2.85. The normalized spacial score (nSPS) is 18.9. The molecule has 0 saturated carbocycles. The van der Waals surface area contributed by atoms with Crippen LogP contribution < -0.4 is 0 Å². The second kappa shape index (κ2) is 12.1. The summed E-state index contributed by atoms with van der Waals surface area (Å²) in [5, 5.41) is 9.10. The summed E-state index contributed by atoms with van der Waals surface area (Å²) in [6, 6.07) is 8.30. The average Bonchev–Trinajstić information content (AvgIpc) is 2.77. The smallest absolute Gasteiger partial charge is 0.396 e. The van der Waals surface area contributed by atoms with Crippen molar-refractivity contribution in [2.45, 2.75) is 41.1 Å². The number of alkyl halides is 3. The molecule has 3 N–H and O–H groups in total. The first-order valence-electron chi connectivity index (χ1n) is 11.2. The molecule has 0 radical (unpaired) electrons. The van der Waals surface area contributed by atoms with E-state index < -0.39 is 22.1 Å². The minimum absolute atomic E-state index is 0.226. The fraction of sp³-hybridized carbons (Fsp3) is 0.417. The number of aliphatic hydroxyl groups is 1. The van der Waals surface area contributed by atoms with E-state index in [0.29, 0.717) is 11.5 Å². The second-order valence-corrected chi connectivity index (χ2v) is 10.6. The number of hydrogen-bond acceptors (Lipinski definition) is 5. The lowest BCUT2D eigenvalue weighted by Crippen LogP contribution is -2.34. The molecule has 12 heteroatoms. The molecule has 0 amide bonds. The lowest BCUT2D eigenvalue weighted by molar-refractivity contribution is -0.137. The highest BCUT2D eigenvalue weighted by Gasteiger charge is 2.33. The first-order chi connectivity index (χ1) is 16.8. The Bertz CT molecular complexity index is 1170. The molecular formula is C24H27F4NO5S2. The number of piperidine rings is 1. The SMILES string of the molecule is O=S(=O)(O)O.OCCC1CCN(CC=CC2c3ccc(F)cc3Sc3ccc(C(F)(F)F)cc32)CC1. The van der Waals surface area contributed by atoms with E-state index in [-0.39, 0.29) is 18.3 Å². The van der Waals surface area contributed by atoms with Crippen LogP contribution in [0.2, 0.25) is 0 Å². The molecule has 1 saturated heterocycles. The van der Waals surface area contributed by atoms with Gasteiger partial charge in [0.25, 0.3) is 0 Å². The predicted octanol–water partition coefficient (Wildman–Crippen LogP) is 5.44. The molecule has 2 aromatic carbocycles. The number of likely N-dealkylation sites (tertiary alicyclic amines) is 1. The maximum atomic E-state index is 13.8. The molecule has 1 fully saturated rings. The quantitative estimate of drug-likeness (QED) is 0.260. The Labute approximate surface area is 211 Å². The summed E-state index contributed by atoms with van der Waals surface area (Å²) in [4.78, 5) is 3.79. The molecule has 2 aliphatic heterocycles. The number of hydrogen-bond donors (Lipinski definition) is 3. The van der Waals surface area contributed by atoms with Crippen LogP contribution >= 0.6 is 11.8 Å². The Morgan fingerprint density at radius 1 is 1.03 bits per heavy atom. The van der Waals surface area contributed by atoms with Gasteiger partial charge in [0.1, 0.15) is 5.82 Å². The number of allylic oxidation sites excluding steroid dienone is 1. The van der Waals surface area contributed by atoms with E-state index >= 15 is 0 Å². The molecule has 0 bridgehead atoms. The average molecular weight is 550 g/mol. The lowest BCUT2D eigenvalue weighted by atomic mass is 9.89. The van der Waals surface area contributed by atoms with Gasteiger partial charge < -0.3 is 5.11 Å². The molecule has 0 spiro atoms. The van der Waals surface area contributed by atoms with Crippen molar-refractivity contribution in [1.82, 2.24) is 4.90 Å². The third kappa shape index (κ3) is 8.29. The van der Waals surface area contributed by atoms with Crippen LogP contribution in [-0.4, -0.2) is 53.8 Å². The monoisotopic (exact) mass is 549 g/mol. The molecule has 2 heterocycles. The Balaban J connectivity index is 0.000000658. The molecule has 36 heavy (non-hydrogen) atoms. The Kier molecular flexibility index (Phi) is 9.58. The fourth-order valence-corrected chi connectivity index (χ4v) is 5.56. The van der Waals surface area contributed by atoms with Gasteiger partial charge in [-0.05, 0) is 79.7 Å². The van der Waals surface area contributed by atoms with Gasteiger partial charge in [0.2, 0.25) is 0 Å². The van der Waals surface area contributed by atoms with Crippen molar-refractivity contribution in [2.75, 3.05) is 26.2 Å². The lowest BCUT2D eigenvalue weighted by Gasteiger charge is -2.31. The zero-order valence-electron chi connectivity index (χ0n) is 19.2. The molecule has 2 aromatic rings. The van der Waals surface area contributed by atoms with Crippen molar-refractivity contribution in [3.8, 4) is 0 Å². The highest BCUT2D eigenvalue weighted by atomic mass is 32.3. The van der Waals surface area contributed by atoms with Gasteiger partial charge in [0, 0.05) is 28.9 Å². The molecular weight excluding hydrogens is 522 g/mol. The van der Waals surface area contributed by atoms with Crippen LogP contribution in [0.3, 0.4) is 0 Å². The second-order valence-electron chi connectivity index (χ2n) is 8.64. The summed E-state index contributed by atoms with van der Waals surface area (Å²) in [5.41, 5.74) is 0.773. The Morgan fingerprint density at radius 3 is 2.31 bits per heavy atom. The standard InChI is InChI=1S/C24H25F4NOS.H2O4S/c25-18-4-5-20-19(2-1-10-29-11-7-16(8-12-29)9-13-30)21-14-17(24(26,27)28)3-6-22(21)31-23(20)15-18;1-5(2,3)4/h1-6,14-16,19,30H,7-13H2;(H2,1,2,3,4). The van der Waals surface area contributed by atoms with E-state index in [2.05, 4.69) is 4.90 Å². The molecule has 0 aromatic heterocycles. The number of benzene rings is 2. The third-order valence-corrected chi connectivity index (χ3v) is 7.30. The number of halogens is 4.